The molecule has 1 aliphatic heterocycles. The van der Waals surface area contributed by atoms with Crippen LogP contribution in [-0.2, 0) is 9.53 Å². The van der Waals surface area contributed by atoms with Crippen LogP contribution in [0, 0.1) is 0 Å². The Kier molecular flexibility index (Phi) is 3.59. The van der Waals surface area contributed by atoms with Crippen molar-refractivity contribution >= 4 is 11.9 Å². The highest BCUT2D eigenvalue weighted by Crippen LogP contribution is 2.10. The Bertz CT molecular complexity index is 447. The third-order valence-corrected chi connectivity index (χ3v) is 2.74. The highest BCUT2D eigenvalue weighted by Gasteiger charge is 2.40. The van der Waals surface area contributed by atoms with Gasteiger partial charge in [0, 0.05) is 0 Å². The minimum absolute atomic E-state index is 0.183. The first-order valence-corrected chi connectivity index (χ1v) is 5.48. The van der Waals surface area contributed by atoms with Gasteiger partial charge in [-0.25, -0.2) is 4.79 Å². The molecule has 1 amide bonds. The van der Waals surface area contributed by atoms with Crippen LogP contribution in [0.2, 0.25) is 0 Å². The Morgan fingerprint density at radius 2 is 1.94 bits per heavy atom. The Hall–Kier alpha value is -1.92. The van der Waals surface area contributed by atoms with Crippen molar-refractivity contribution in [2.24, 2.45) is 0 Å². The maximum absolute atomic E-state index is 11.6. The average Bonchev–Trinajstić information content (AvgIpc) is 2.64. The number of hydrogen-bond donors (Lipinski definition) is 3. The molecule has 0 unspecified atom stereocenters. The van der Waals surface area contributed by atoms with Crippen LogP contribution in [-0.4, -0.2) is 46.9 Å². The van der Waals surface area contributed by atoms with Gasteiger partial charge >= 0.3 is 5.97 Å². The molecule has 0 radical (unpaired) electrons. The monoisotopic (exact) mass is 251 g/mol. The molecule has 1 aliphatic rings. The fourth-order valence-electron chi connectivity index (χ4n) is 1.69. The maximum Gasteiger partial charge on any atom is 0.338 e. The third kappa shape index (κ3) is 2.49. The zero-order chi connectivity index (χ0) is 13.1. The number of amides is 1. The van der Waals surface area contributed by atoms with E-state index in [1.807, 2.05) is 0 Å². The van der Waals surface area contributed by atoms with Gasteiger partial charge in [-0.1, -0.05) is 18.2 Å². The molecule has 1 saturated heterocycles. The Labute approximate surface area is 103 Å². The van der Waals surface area contributed by atoms with Gasteiger partial charge in [-0.2, -0.15) is 0 Å². The quantitative estimate of drug-likeness (QED) is 0.603. The number of esters is 1. The van der Waals surface area contributed by atoms with Crippen molar-refractivity contribution < 1.29 is 24.5 Å². The molecule has 0 bridgehead atoms. The summed E-state index contributed by atoms with van der Waals surface area (Å²) >= 11 is 0. The van der Waals surface area contributed by atoms with Crippen molar-refractivity contribution in [3.05, 3.63) is 35.9 Å². The van der Waals surface area contributed by atoms with E-state index in [-0.39, 0.29) is 6.61 Å². The van der Waals surface area contributed by atoms with Gasteiger partial charge in [0.2, 0.25) is 0 Å². The smallest absolute Gasteiger partial charge is 0.338 e. The molecule has 0 spiro atoms. The van der Waals surface area contributed by atoms with Gasteiger partial charge in [0.15, 0.2) is 6.10 Å². The summed E-state index contributed by atoms with van der Waals surface area (Å²) in [6.45, 7) is -0.183. The summed E-state index contributed by atoms with van der Waals surface area (Å²) in [5.74, 6) is -1.21. The van der Waals surface area contributed by atoms with Gasteiger partial charge in [-0.3, -0.25) is 4.79 Å². The summed E-state index contributed by atoms with van der Waals surface area (Å²) in [4.78, 5) is 22.6. The summed E-state index contributed by atoms with van der Waals surface area (Å²) in [5, 5.41) is 21.0. The predicted octanol–water partition coefficient (Wildman–Crippen LogP) is -0.936. The average molecular weight is 251 g/mol. The van der Waals surface area contributed by atoms with Crippen LogP contribution >= 0.6 is 0 Å². The van der Waals surface area contributed by atoms with E-state index >= 15 is 0 Å². The summed E-state index contributed by atoms with van der Waals surface area (Å²) < 4.78 is 4.95. The highest BCUT2D eigenvalue weighted by atomic mass is 16.5. The lowest BCUT2D eigenvalue weighted by molar-refractivity contribution is -0.128. The lowest BCUT2D eigenvalue weighted by Crippen LogP contribution is -2.37. The first-order valence-electron chi connectivity index (χ1n) is 5.48. The number of aliphatic hydroxyl groups excluding tert-OH is 2. The number of nitrogens with one attached hydrogen (secondary N) is 1. The van der Waals surface area contributed by atoms with Gasteiger partial charge < -0.3 is 20.3 Å². The minimum Gasteiger partial charge on any atom is -0.460 e. The summed E-state index contributed by atoms with van der Waals surface area (Å²) in [5.41, 5.74) is 0.386. The molecule has 6 heteroatoms. The molecule has 0 saturated carbocycles. The van der Waals surface area contributed by atoms with Crippen LogP contribution in [0.4, 0.5) is 0 Å². The second-order valence-corrected chi connectivity index (χ2v) is 4.01. The van der Waals surface area contributed by atoms with E-state index in [1.54, 1.807) is 30.3 Å². The lowest BCUT2D eigenvalue weighted by atomic mass is 10.1. The van der Waals surface area contributed by atoms with Crippen LogP contribution in [0.1, 0.15) is 10.4 Å². The lowest BCUT2D eigenvalue weighted by Gasteiger charge is -2.14. The molecule has 0 aromatic heterocycles. The first-order chi connectivity index (χ1) is 8.59. The molecule has 1 heterocycles. The van der Waals surface area contributed by atoms with Gasteiger partial charge in [-0.05, 0) is 12.1 Å². The van der Waals surface area contributed by atoms with Gasteiger partial charge in [0.25, 0.3) is 5.91 Å². The maximum atomic E-state index is 11.6. The van der Waals surface area contributed by atoms with E-state index < -0.39 is 30.1 Å². The van der Waals surface area contributed by atoms with E-state index in [0.717, 1.165) is 0 Å². The molecule has 6 nitrogen and oxygen atoms in total. The zero-order valence-corrected chi connectivity index (χ0v) is 9.45. The molecule has 2 rings (SSSR count). The molecule has 96 valence electrons. The minimum atomic E-state index is -1.47. The summed E-state index contributed by atoms with van der Waals surface area (Å²) in [7, 11) is 0. The molecule has 3 atom stereocenters. The molecule has 1 aromatic rings. The number of benzene rings is 1. The fourth-order valence-corrected chi connectivity index (χ4v) is 1.69. The SMILES string of the molecule is O=C(OC[C@H]1NC(=O)[C@@H](O)[C@@H]1O)c1ccccc1. The van der Waals surface area contributed by atoms with Crippen molar-refractivity contribution in [1.82, 2.24) is 5.32 Å². The molecule has 1 fully saturated rings. The summed E-state index contributed by atoms with van der Waals surface area (Å²) in [6.07, 6.45) is -2.73. The van der Waals surface area contributed by atoms with Crippen molar-refractivity contribution in [1.29, 1.82) is 0 Å². The Morgan fingerprint density at radius 1 is 1.28 bits per heavy atom. The van der Waals surface area contributed by atoms with Gasteiger partial charge in [0.1, 0.15) is 12.7 Å². The Morgan fingerprint density at radius 3 is 2.50 bits per heavy atom. The number of carbonyl (C=O) groups is 2. The predicted molar refractivity (Wildman–Crippen MR) is 60.7 cm³/mol. The molecule has 3 N–H and O–H groups in total. The summed E-state index contributed by atoms with van der Waals surface area (Å²) in [6, 6.07) is 7.59. The standard InChI is InChI=1S/C12H13NO5/c14-9-8(13-11(16)10(9)15)6-18-12(17)7-4-2-1-3-5-7/h1-5,8-10,14-15H,6H2,(H,13,16)/t8-,9-,10+/m1/s1. The highest BCUT2D eigenvalue weighted by molar-refractivity contribution is 5.89. The zero-order valence-electron chi connectivity index (χ0n) is 9.45. The van der Waals surface area contributed by atoms with Crippen molar-refractivity contribution in [2.75, 3.05) is 6.61 Å². The van der Waals surface area contributed by atoms with Crippen LogP contribution in [0.15, 0.2) is 30.3 Å². The molecular weight excluding hydrogens is 238 g/mol. The molecule has 1 aromatic carbocycles. The van der Waals surface area contributed by atoms with E-state index in [2.05, 4.69) is 5.32 Å². The first kappa shape index (κ1) is 12.5. The van der Waals surface area contributed by atoms with Crippen LogP contribution in [0.25, 0.3) is 0 Å². The number of rotatable bonds is 3. The Balaban J connectivity index is 1.89. The van der Waals surface area contributed by atoms with Crippen molar-refractivity contribution in [3.63, 3.8) is 0 Å². The van der Waals surface area contributed by atoms with E-state index in [0.29, 0.717) is 5.56 Å². The molecular formula is C12H13NO5. The van der Waals surface area contributed by atoms with Crippen molar-refractivity contribution in [3.8, 4) is 0 Å². The number of aliphatic hydroxyl groups is 2. The van der Waals surface area contributed by atoms with E-state index in [1.165, 1.54) is 0 Å². The van der Waals surface area contributed by atoms with Gasteiger partial charge in [-0.15, -0.1) is 0 Å². The third-order valence-electron chi connectivity index (χ3n) is 2.74. The largest absolute Gasteiger partial charge is 0.460 e. The van der Waals surface area contributed by atoms with Crippen molar-refractivity contribution in [2.45, 2.75) is 18.2 Å². The molecule has 0 aliphatic carbocycles. The second kappa shape index (κ2) is 5.16. The number of hydrogen-bond acceptors (Lipinski definition) is 5. The topological polar surface area (TPSA) is 95.9 Å². The number of ether oxygens (including phenoxy) is 1. The fraction of sp³-hybridized carbons (Fsp3) is 0.333. The van der Waals surface area contributed by atoms with Crippen LogP contribution in [0.5, 0.6) is 0 Å². The van der Waals surface area contributed by atoms with Gasteiger partial charge in [0.05, 0.1) is 11.6 Å². The second-order valence-electron chi connectivity index (χ2n) is 4.01. The van der Waals surface area contributed by atoms with E-state index in [4.69, 9.17) is 4.74 Å². The van der Waals surface area contributed by atoms with E-state index in [9.17, 15) is 19.8 Å². The normalized spacial score (nSPS) is 26.8. The van der Waals surface area contributed by atoms with Crippen LogP contribution < -0.4 is 5.32 Å². The van der Waals surface area contributed by atoms with Crippen LogP contribution in [0.3, 0.4) is 0 Å². The molecule has 18 heavy (non-hydrogen) atoms. The number of carbonyl (C=O) groups excluding carboxylic acids is 2.